The Hall–Kier alpha value is -3.95. The van der Waals surface area contributed by atoms with E-state index >= 15 is 0 Å². The number of carbonyl (C=O) groups excluding carboxylic acids is 1. The van der Waals surface area contributed by atoms with Crippen LogP contribution in [-0.4, -0.2) is 33.9 Å². The van der Waals surface area contributed by atoms with Crippen molar-refractivity contribution in [1.82, 2.24) is 5.32 Å². The van der Waals surface area contributed by atoms with Gasteiger partial charge in [-0.3, -0.25) is 9.59 Å². The fourth-order valence-electron chi connectivity index (χ4n) is 5.31. The maximum Gasteiger partial charge on any atom is 0.303 e. The molecule has 3 atom stereocenters. The number of carboxylic acid groups (broad SMARTS) is 1. The van der Waals surface area contributed by atoms with Crippen LogP contribution in [0.15, 0.2) is 108 Å². The van der Waals surface area contributed by atoms with Crippen molar-refractivity contribution >= 4 is 23.6 Å². The second-order valence-electron chi connectivity index (χ2n) is 11.2. The number of carboxylic acids is 1. The van der Waals surface area contributed by atoms with Crippen LogP contribution in [-0.2, 0) is 32.2 Å². The maximum atomic E-state index is 12.3. The van der Waals surface area contributed by atoms with Gasteiger partial charge in [0.1, 0.15) is 0 Å². The minimum atomic E-state index is -0.840. The molecule has 1 aliphatic rings. The largest absolute Gasteiger partial charge is 0.481 e. The van der Waals surface area contributed by atoms with Gasteiger partial charge in [-0.1, -0.05) is 78.9 Å². The molecule has 8 heteroatoms. The van der Waals surface area contributed by atoms with E-state index in [1.165, 1.54) is 4.90 Å². The van der Waals surface area contributed by atoms with Crippen molar-refractivity contribution in [3.63, 3.8) is 0 Å². The molecule has 0 aromatic heterocycles. The van der Waals surface area contributed by atoms with Crippen LogP contribution in [0.3, 0.4) is 0 Å². The standard InChI is InChI=1S/C37H39NO6S/c39-24-26-16-18-28(19-17-26)34-22-32(25-45-33-12-2-1-3-13-33)43-37(44-34)31-11-7-10-30(21-31)29-9-6-8-27(20-29)23-38-35(40)14-4-5-15-36(41)42/h1-3,6-13,16-21,32,34,37,39H,4-5,14-15,22-25H2,(H,38,40)(H,41,42). The smallest absolute Gasteiger partial charge is 0.303 e. The molecule has 0 spiro atoms. The first-order chi connectivity index (χ1) is 22.0. The van der Waals surface area contributed by atoms with E-state index in [0.29, 0.717) is 25.8 Å². The predicted octanol–water partition coefficient (Wildman–Crippen LogP) is 7.44. The highest BCUT2D eigenvalue weighted by Crippen LogP contribution is 2.40. The second kappa shape index (κ2) is 16.4. The molecule has 1 saturated heterocycles. The summed E-state index contributed by atoms with van der Waals surface area (Å²) in [5.41, 5.74) is 5.87. The maximum absolute atomic E-state index is 12.3. The summed E-state index contributed by atoms with van der Waals surface area (Å²) in [6.07, 6.45) is 1.43. The molecule has 1 heterocycles. The van der Waals surface area contributed by atoms with Gasteiger partial charge < -0.3 is 25.0 Å². The van der Waals surface area contributed by atoms with Crippen molar-refractivity contribution in [2.24, 2.45) is 0 Å². The number of aliphatic hydroxyl groups is 1. The number of ether oxygens (including phenoxy) is 2. The minimum absolute atomic E-state index is 0.00282. The lowest BCUT2D eigenvalue weighted by Crippen LogP contribution is -2.31. The van der Waals surface area contributed by atoms with Crippen LogP contribution in [0.4, 0.5) is 0 Å². The number of hydrogen-bond donors (Lipinski definition) is 3. The Morgan fingerprint density at radius 2 is 1.51 bits per heavy atom. The lowest BCUT2D eigenvalue weighted by molar-refractivity contribution is -0.245. The number of thioether (sulfide) groups is 1. The molecular weight excluding hydrogens is 586 g/mol. The predicted molar refractivity (Wildman–Crippen MR) is 175 cm³/mol. The van der Waals surface area contributed by atoms with E-state index in [4.69, 9.17) is 14.6 Å². The zero-order valence-electron chi connectivity index (χ0n) is 25.1. The fourth-order valence-corrected chi connectivity index (χ4v) is 6.25. The number of rotatable bonds is 14. The highest BCUT2D eigenvalue weighted by atomic mass is 32.2. The molecule has 0 radical (unpaired) electrons. The summed E-state index contributed by atoms with van der Waals surface area (Å²) in [4.78, 5) is 24.1. The molecular formula is C37H39NO6S. The van der Waals surface area contributed by atoms with Gasteiger partial charge in [-0.05, 0) is 64.9 Å². The number of aliphatic hydroxyl groups excluding tert-OH is 1. The Kier molecular flexibility index (Phi) is 11.8. The van der Waals surface area contributed by atoms with Crippen molar-refractivity contribution in [1.29, 1.82) is 0 Å². The fraction of sp³-hybridized carbons (Fsp3) is 0.297. The van der Waals surface area contributed by atoms with Crippen LogP contribution in [0, 0.1) is 0 Å². The third-order valence-corrected chi connectivity index (χ3v) is 8.89. The van der Waals surface area contributed by atoms with E-state index in [-0.39, 0.29) is 31.1 Å². The number of benzene rings is 4. The summed E-state index contributed by atoms with van der Waals surface area (Å²) in [5, 5.41) is 21.2. The van der Waals surface area contributed by atoms with Gasteiger partial charge in [0.05, 0.1) is 18.8 Å². The van der Waals surface area contributed by atoms with Gasteiger partial charge in [0.25, 0.3) is 0 Å². The molecule has 0 bridgehead atoms. The number of carbonyl (C=O) groups is 2. The van der Waals surface area contributed by atoms with Gasteiger partial charge in [-0.2, -0.15) is 0 Å². The summed E-state index contributed by atoms with van der Waals surface area (Å²) in [7, 11) is 0. The molecule has 1 aliphatic heterocycles. The average molecular weight is 626 g/mol. The van der Waals surface area contributed by atoms with E-state index < -0.39 is 12.3 Å². The lowest BCUT2D eigenvalue weighted by Gasteiger charge is -2.36. The van der Waals surface area contributed by atoms with Crippen molar-refractivity contribution in [2.75, 3.05) is 5.75 Å². The average Bonchev–Trinajstić information content (AvgIpc) is 3.09. The first kappa shape index (κ1) is 32.4. The molecule has 5 rings (SSSR count). The molecule has 4 aromatic rings. The summed E-state index contributed by atoms with van der Waals surface area (Å²) in [6, 6.07) is 34.5. The van der Waals surface area contributed by atoms with Gasteiger partial charge in [0.2, 0.25) is 5.91 Å². The molecule has 45 heavy (non-hydrogen) atoms. The van der Waals surface area contributed by atoms with E-state index in [1.807, 2.05) is 72.8 Å². The van der Waals surface area contributed by atoms with Gasteiger partial charge in [-0.15, -0.1) is 11.8 Å². The van der Waals surface area contributed by atoms with E-state index in [9.17, 15) is 14.7 Å². The van der Waals surface area contributed by atoms with Gasteiger partial charge >= 0.3 is 5.97 Å². The number of aliphatic carboxylic acids is 1. The van der Waals surface area contributed by atoms with E-state index in [2.05, 4.69) is 35.6 Å². The number of unbranched alkanes of at least 4 members (excludes halogenated alkanes) is 1. The topological polar surface area (TPSA) is 105 Å². The third-order valence-electron chi connectivity index (χ3n) is 7.75. The minimum Gasteiger partial charge on any atom is -0.481 e. The first-order valence-electron chi connectivity index (χ1n) is 15.3. The molecule has 3 N–H and O–H groups in total. The van der Waals surface area contributed by atoms with Crippen molar-refractivity contribution in [3.8, 4) is 11.1 Å². The SMILES string of the molecule is O=C(O)CCCCC(=O)NCc1cccc(-c2cccc(C3OC(CSc4ccccc4)CC(c4ccc(CO)cc4)O3)c2)c1. The molecule has 3 unspecified atom stereocenters. The van der Waals surface area contributed by atoms with Crippen LogP contribution in [0.2, 0.25) is 0 Å². The van der Waals surface area contributed by atoms with Crippen LogP contribution >= 0.6 is 11.8 Å². The van der Waals surface area contributed by atoms with Gasteiger partial charge in [0.15, 0.2) is 6.29 Å². The number of hydrogen-bond acceptors (Lipinski definition) is 6. The molecule has 234 valence electrons. The highest BCUT2D eigenvalue weighted by molar-refractivity contribution is 7.99. The molecule has 7 nitrogen and oxygen atoms in total. The van der Waals surface area contributed by atoms with Crippen LogP contribution in [0.25, 0.3) is 11.1 Å². The summed E-state index contributed by atoms with van der Waals surface area (Å²) in [6.45, 7) is 0.403. The Balaban J connectivity index is 1.28. The quantitative estimate of drug-likeness (QED) is 0.0988. The molecule has 0 aliphatic carbocycles. The summed E-state index contributed by atoms with van der Waals surface area (Å²) >= 11 is 1.77. The van der Waals surface area contributed by atoms with E-state index in [1.54, 1.807) is 11.8 Å². The zero-order valence-corrected chi connectivity index (χ0v) is 26.0. The van der Waals surface area contributed by atoms with E-state index in [0.717, 1.165) is 45.6 Å². The summed E-state index contributed by atoms with van der Waals surface area (Å²) in [5.74, 6) is -0.129. The van der Waals surface area contributed by atoms with Crippen LogP contribution in [0.1, 0.15) is 66.8 Å². The van der Waals surface area contributed by atoms with Crippen LogP contribution in [0.5, 0.6) is 0 Å². The van der Waals surface area contributed by atoms with Gasteiger partial charge in [0, 0.05) is 42.0 Å². The Morgan fingerprint density at radius 3 is 2.27 bits per heavy atom. The van der Waals surface area contributed by atoms with Crippen molar-refractivity contribution in [2.45, 2.75) is 68.6 Å². The Labute approximate surface area is 268 Å². The first-order valence-corrected chi connectivity index (χ1v) is 16.3. The summed E-state index contributed by atoms with van der Waals surface area (Å²) < 4.78 is 13.1. The molecule has 1 amide bonds. The highest BCUT2D eigenvalue weighted by Gasteiger charge is 2.32. The van der Waals surface area contributed by atoms with Crippen molar-refractivity contribution < 1.29 is 29.3 Å². The molecule has 1 fully saturated rings. The number of nitrogens with one attached hydrogen (secondary N) is 1. The lowest BCUT2D eigenvalue weighted by atomic mass is 9.99. The monoisotopic (exact) mass is 625 g/mol. The second-order valence-corrected chi connectivity index (χ2v) is 12.3. The van der Waals surface area contributed by atoms with Crippen molar-refractivity contribution in [3.05, 3.63) is 125 Å². The molecule has 0 saturated carbocycles. The third kappa shape index (κ3) is 9.77. The normalized spacial score (nSPS) is 17.9. The Bertz CT molecular complexity index is 1540. The molecule has 4 aromatic carbocycles. The zero-order chi connectivity index (χ0) is 31.4. The Morgan fingerprint density at radius 1 is 0.778 bits per heavy atom. The van der Waals surface area contributed by atoms with Crippen LogP contribution < -0.4 is 5.32 Å². The van der Waals surface area contributed by atoms with Gasteiger partial charge in [-0.25, -0.2) is 0 Å². The number of amides is 1.